The third-order valence-electron chi connectivity index (χ3n) is 4.49. The van der Waals surface area contributed by atoms with Gasteiger partial charge in [0, 0.05) is 5.69 Å². The first-order valence-electron chi connectivity index (χ1n) is 9.04. The van der Waals surface area contributed by atoms with Crippen LogP contribution in [0.5, 0.6) is 11.5 Å². The SMILES string of the molecule is CC[C@H](C)c1ccccc1NC(=O)COC(=O)c1ccc2c(c1)OCCO2. The van der Waals surface area contributed by atoms with E-state index < -0.39 is 5.97 Å². The molecule has 6 nitrogen and oxygen atoms in total. The Morgan fingerprint density at radius 3 is 2.63 bits per heavy atom. The Morgan fingerprint density at radius 2 is 1.85 bits per heavy atom. The van der Waals surface area contributed by atoms with Crippen LogP contribution in [0.4, 0.5) is 5.69 Å². The minimum absolute atomic E-state index is 0.312. The number of hydrogen-bond donors (Lipinski definition) is 1. The molecule has 0 fully saturated rings. The maximum Gasteiger partial charge on any atom is 0.338 e. The zero-order valence-corrected chi connectivity index (χ0v) is 15.5. The molecule has 1 heterocycles. The van der Waals surface area contributed by atoms with Crippen LogP contribution in [0.2, 0.25) is 0 Å². The van der Waals surface area contributed by atoms with Gasteiger partial charge in [-0.1, -0.05) is 32.0 Å². The fourth-order valence-corrected chi connectivity index (χ4v) is 2.83. The summed E-state index contributed by atoms with van der Waals surface area (Å²) in [6.45, 7) is 4.76. The van der Waals surface area contributed by atoms with Gasteiger partial charge in [0.25, 0.3) is 5.91 Å². The molecule has 0 aromatic heterocycles. The Bertz CT molecular complexity index is 833. The molecule has 0 saturated carbocycles. The molecule has 27 heavy (non-hydrogen) atoms. The zero-order chi connectivity index (χ0) is 19.2. The predicted octanol–water partition coefficient (Wildman–Crippen LogP) is 3.77. The Hall–Kier alpha value is -3.02. The van der Waals surface area contributed by atoms with Crippen molar-refractivity contribution in [2.75, 3.05) is 25.1 Å². The minimum Gasteiger partial charge on any atom is -0.486 e. The van der Waals surface area contributed by atoms with Gasteiger partial charge in [0.15, 0.2) is 18.1 Å². The third-order valence-corrected chi connectivity index (χ3v) is 4.49. The second-order valence-electron chi connectivity index (χ2n) is 6.38. The van der Waals surface area contributed by atoms with Gasteiger partial charge in [-0.2, -0.15) is 0 Å². The van der Waals surface area contributed by atoms with Crippen LogP contribution in [0.3, 0.4) is 0 Å². The van der Waals surface area contributed by atoms with Crippen molar-refractivity contribution >= 4 is 17.6 Å². The van der Waals surface area contributed by atoms with E-state index in [0.29, 0.717) is 36.2 Å². The molecular weight excluding hydrogens is 346 g/mol. The lowest BCUT2D eigenvalue weighted by molar-refractivity contribution is -0.119. The summed E-state index contributed by atoms with van der Waals surface area (Å²) in [6.07, 6.45) is 0.964. The fourth-order valence-electron chi connectivity index (χ4n) is 2.83. The van der Waals surface area contributed by atoms with E-state index in [0.717, 1.165) is 17.7 Å². The van der Waals surface area contributed by atoms with E-state index in [9.17, 15) is 9.59 Å². The number of carbonyl (C=O) groups is 2. The number of esters is 1. The Balaban J connectivity index is 1.59. The van der Waals surface area contributed by atoms with Crippen LogP contribution in [-0.2, 0) is 9.53 Å². The Kier molecular flexibility index (Phi) is 5.96. The first kappa shape index (κ1) is 18.8. The molecule has 0 spiro atoms. The summed E-state index contributed by atoms with van der Waals surface area (Å²) >= 11 is 0. The molecule has 1 aliphatic rings. The summed E-state index contributed by atoms with van der Waals surface area (Å²) in [5.41, 5.74) is 2.12. The van der Waals surface area contributed by atoms with Gasteiger partial charge < -0.3 is 19.5 Å². The molecule has 0 unspecified atom stereocenters. The normalized spacial score (nSPS) is 13.6. The van der Waals surface area contributed by atoms with Crippen molar-refractivity contribution in [3.05, 3.63) is 53.6 Å². The van der Waals surface area contributed by atoms with Crippen LogP contribution < -0.4 is 14.8 Å². The number of para-hydroxylation sites is 1. The van der Waals surface area contributed by atoms with Gasteiger partial charge in [-0.15, -0.1) is 0 Å². The number of ether oxygens (including phenoxy) is 3. The first-order valence-corrected chi connectivity index (χ1v) is 9.04. The van der Waals surface area contributed by atoms with Crippen LogP contribution in [0, 0.1) is 0 Å². The predicted molar refractivity (Wildman–Crippen MR) is 101 cm³/mol. The van der Waals surface area contributed by atoms with Gasteiger partial charge in [-0.25, -0.2) is 4.79 Å². The highest BCUT2D eigenvalue weighted by molar-refractivity contribution is 5.96. The van der Waals surface area contributed by atoms with E-state index in [1.807, 2.05) is 24.3 Å². The topological polar surface area (TPSA) is 73.9 Å². The molecule has 142 valence electrons. The summed E-state index contributed by atoms with van der Waals surface area (Å²) in [4.78, 5) is 24.4. The van der Waals surface area contributed by atoms with E-state index in [4.69, 9.17) is 14.2 Å². The van der Waals surface area contributed by atoms with E-state index in [-0.39, 0.29) is 12.5 Å². The number of carbonyl (C=O) groups excluding carboxylic acids is 2. The minimum atomic E-state index is -0.586. The van der Waals surface area contributed by atoms with E-state index in [2.05, 4.69) is 19.2 Å². The lowest BCUT2D eigenvalue weighted by atomic mass is 9.97. The van der Waals surface area contributed by atoms with Crippen molar-refractivity contribution in [3.63, 3.8) is 0 Å². The monoisotopic (exact) mass is 369 g/mol. The molecule has 0 aliphatic carbocycles. The van der Waals surface area contributed by atoms with Gasteiger partial charge in [0.05, 0.1) is 5.56 Å². The van der Waals surface area contributed by atoms with Crippen LogP contribution in [0.15, 0.2) is 42.5 Å². The first-order chi connectivity index (χ1) is 13.1. The number of benzene rings is 2. The smallest absolute Gasteiger partial charge is 0.338 e. The molecule has 2 aromatic rings. The summed E-state index contributed by atoms with van der Waals surface area (Å²) in [5, 5.41) is 2.82. The lowest BCUT2D eigenvalue weighted by Crippen LogP contribution is -2.22. The molecule has 3 rings (SSSR count). The number of amides is 1. The number of nitrogens with one attached hydrogen (secondary N) is 1. The average Bonchev–Trinajstić information content (AvgIpc) is 2.71. The van der Waals surface area contributed by atoms with Gasteiger partial charge in [-0.05, 0) is 42.2 Å². The summed E-state index contributed by atoms with van der Waals surface area (Å²) in [5.74, 6) is 0.454. The van der Waals surface area contributed by atoms with Crippen LogP contribution in [0.25, 0.3) is 0 Å². The van der Waals surface area contributed by atoms with Crippen LogP contribution >= 0.6 is 0 Å². The van der Waals surface area contributed by atoms with Crippen molar-refractivity contribution in [1.29, 1.82) is 0 Å². The van der Waals surface area contributed by atoms with Crippen molar-refractivity contribution in [1.82, 2.24) is 0 Å². The molecule has 0 bridgehead atoms. The van der Waals surface area contributed by atoms with Gasteiger partial charge in [-0.3, -0.25) is 4.79 Å². The van der Waals surface area contributed by atoms with Gasteiger partial charge >= 0.3 is 5.97 Å². The maximum atomic E-state index is 12.2. The molecule has 1 aliphatic heterocycles. The summed E-state index contributed by atoms with van der Waals surface area (Å²) in [6, 6.07) is 12.5. The number of fused-ring (bicyclic) bond motifs is 1. The highest BCUT2D eigenvalue weighted by Crippen LogP contribution is 2.31. The number of hydrogen-bond acceptors (Lipinski definition) is 5. The van der Waals surface area contributed by atoms with E-state index >= 15 is 0 Å². The zero-order valence-electron chi connectivity index (χ0n) is 15.5. The Labute approximate surface area is 158 Å². The largest absolute Gasteiger partial charge is 0.486 e. The average molecular weight is 369 g/mol. The van der Waals surface area contributed by atoms with Crippen LogP contribution in [0.1, 0.15) is 42.1 Å². The Morgan fingerprint density at radius 1 is 1.11 bits per heavy atom. The molecule has 0 radical (unpaired) electrons. The number of anilines is 1. The fraction of sp³-hybridized carbons (Fsp3) is 0.333. The van der Waals surface area contributed by atoms with Crippen molar-refractivity contribution in [2.24, 2.45) is 0 Å². The summed E-state index contributed by atoms with van der Waals surface area (Å²) < 4.78 is 16.0. The van der Waals surface area contributed by atoms with Gasteiger partial charge in [0.1, 0.15) is 13.2 Å². The van der Waals surface area contributed by atoms with Gasteiger partial charge in [0.2, 0.25) is 0 Å². The molecule has 2 aromatic carbocycles. The molecule has 1 N–H and O–H groups in total. The van der Waals surface area contributed by atoms with E-state index in [1.54, 1.807) is 18.2 Å². The van der Waals surface area contributed by atoms with Crippen molar-refractivity contribution in [2.45, 2.75) is 26.2 Å². The molecular formula is C21H23NO5. The number of rotatable bonds is 6. The quantitative estimate of drug-likeness (QED) is 0.785. The highest BCUT2D eigenvalue weighted by atomic mass is 16.6. The highest BCUT2D eigenvalue weighted by Gasteiger charge is 2.17. The molecule has 1 amide bonds. The summed E-state index contributed by atoms with van der Waals surface area (Å²) in [7, 11) is 0. The third kappa shape index (κ3) is 4.58. The maximum absolute atomic E-state index is 12.2. The van der Waals surface area contributed by atoms with Crippen molar-refractivity contribution in [3.8, 4) is 11.5 Å². The standard InChI is InChI=1S/C21H23NO5/c1-3-14(2)16-6-4-5-7-17(16)22-20(23)13-27-21(24)15-8-9-18-19(12-15)26-11-10-25-18/h4-9,12,14H,3,10-11,13H2,1-2H3,(H,22,23)/t14-/m0/s1. The lowest BCUT2D eigenvalue weighted by Gasteiger charge is -2.18. The second-order valence-corrected chi connectivity index (χ2v) is 6.38. The van der Waals surface area contributed by atoms with E-state index in [1.165, 1.54) is 0 Å². The molecule has 1 atom stereocenters. The second kappa shape index (κ2) is 8.58. The van der Waals surface area contributed by atoms with Crippen molar-refractivity contribution < 1.29 is 23.8 Å². The molecule has 6 heteroatoms. The van der Waals surface area contributed by atoms with Crippen LogP contribution in [-0.4, -0.2) is 31.7 Å². The molecule has 0 saturated heterocycles.